The number of amides is 1. The zero-order chi connectivity index (χ0) is 17.5. The number of thiazole rings is 1. The minimum atomic E-state index is -0.356. The highest BCUT2D eigenvalue weighted by atomic mass is 35.5. The van der Waals surface area contributed by atoms with E-state index in [1.807, 2.05) is 0 Å². The summed E-state index contributed by atoms with van der Waals surface area (Å²) in [5.74, 6) is -0.550. The number of thioether (sulfide) groups is 1. The number of anilines is 1. The first-order chi connectivity index (χ1) is 11.5. The molecule has 2 heterocycles. The van der Waals surface area contributed by atoms with Crippen LogP contribution in [0.2, 0.25) is 0 Å². The van der Waals surface area contributed by atoms with E-state index in [2.05, 4.69) is 20.3 Å². The molecule has 0 aliphatic heterocycles. The number of halogens is 1. The van der Waals surface area contributed by atoms with E-state index in [-0.39, 0.29) is 42.0 Å². The fourth-order valence-electron chi connectivity index (χ4n) is 1.71. The van der Waals surface area contributed by atoms with Crippen molar-refractivity contribution in [3.63, 3.8) is 0 Å². The molecule has 0 aliphatic carbocycles. The summed E-state index contributed by atoms with van der Waals surface area (Å²) < 4.78 is 4.84. The molecule has 0 saturated heterocycles. The van der Waals surface area contributed by atoms with Crippen molar-refractivity contribution in [1.29, 1.82) is 0 Å². The lowest BCUT2D eigenvalue weighted by molar-refractivity contribution is -0.142. The second-order valence-corrected chi connectivity index (χ2v) is 6.48. The molecule has 0 aromatic carbocycles. The Hall–Kier alpha value is -1.91. The van der Waals surface area contributed by atoms with Gasteiger partial charge in [-0.1, -0.05) is 11.8 Å². The highest BCUT2D eigenvalue weighted by Crippen LogP contribution is 2.17. The van der Waals surface area contributed by atoms with Gasteiger partial charge in [0, 0.05) is 17.1 Å². The van der Waals surface area contributed by atoms with Crippen LogP contribution in [0.25, 0.3) is 0 Å². The molecule has 1 amide bonds. The summed E-state index contributed by atoms with van der Waals surface area (Å²) in [6.45, 7) is 3.76. The molecule has 2 N–H and O–H groups in total. The van der Waals surface area contributed by atoms with Gasteiger partial charge in [-0.05, 0) is 13.8 Å². The number of nitrogens with one attached hydrogen (secondary N) is 2. The van der Waals surface area contributed by atoms with Crippen molar-refractivity contribution in [3.05, 3.63) is 33.2 Å². The normalized spacial score (nSPS) is 10.0. The third-order valence-electron chi connectivity index (χ3n) is 2.62. The minimum absolute atomic E-state index is 0. The van der Waals surface area contributed by atoms with Gasteiger partial charge < -0.3 is 27.4 Å². The zero-order valence-electron chi connectivity index (χ0n) is 13.5. The van der Waals surface area contributed by atoms with Crippen LogP contribution >= 0.6 is 23.1 Å². The van der Waals surface area contributed by atoms with Crippen LogP contribution in [0.4, 0.5) is 5.13 Å². The van der Waals surface area contributed by atoms with Gasteiger partial charge in [-0.25, -0.2) is 9.97 Å². The Morgan fingerprint density at radius 2 is 2.16 bits per heavy atom. The van der Waals surface area contributed by atoms with Crippen LogP contribution < -0.4 is 23.3 Å². The maximum Gasteiger partial charge on any atom is 0.311 e. The van der Waals surface area contributed by atoms with Gasteiger partial charge in [0.25, 0.3) is 5.56 Å². The molecule has 2 aromatic rings. The number of hydrogen-bond acceptors (Lipinski definition) is 8. The first-order valence-corrected chi connectivity index (χ1v) is 8.93. The standard InChI is InChI=1S/C14H16N4O4S2.ClH/c1-3-22-12(21)5-9-6-23-14(16-9)18-11(20)7-24-13-15-8(2)4-10(19)17-13;/h4,6H,3,5,7H2,1-2H3,(H,15,17,19)(H,16,18,20);1H/p-1. The smallest absolute Gasteiger partial charge is 0.311 e. The SMILES string of the molecule is CCOC(=O)Cc1csc(NC(=O)CSc2nc(C)cc(=O)[nH]2)n1.[Cl-]. The molecule has 25 heavy (non-hydrogen) atoms. The van der Waals surface area contributed by atoms with E-state index in [1.165, 1.54) is 17.4 Å². The van der Waals surface area contributed by atoms with Crippen molar-refractivity contribution in [2.75, 3.05) is 17.7 Å². The summed E-state index contributed by atoms with van der Waals surface area (Å²) in [5.41, 5.74) is 0.880. The first-order valence-electron chi connectivity index (χ1n) is 7.07. The Bertz CT molecular complexity index is 793. The van der Waals surface area contributed by atoms with Gasteiger partial charge in [-0.15, -0.1) is 11.3 Å². The molecule has 2 aromatic heterocycles. The average Bonchev–Trinajstić information content (AvgIpc) is 2.91. The van der Waals surface area contributed by atoms with E-state index < -0.39 is 0 Å². The Kier molecular flexibility index (Phi) is 8.59. The second-order valence-electron chi connectivity index (χ2n) is 4.65. The molecule has 0 spiro atoms. The lowest BCUT2D eigenvalue weighted by Gasteiger charge is -2.02. The van der Waals surface area contributed by atoms with Crippen molar-refractivity contribution >= 4 is 40.1 Å². The van der Waals surface area contributed by atoms with Crippen LogP contribution in [0.15, 0.2) is 21.4 Å². The maximum atomic E-state index is 11.9. The van der Waals surface area contributed by atoms with Crippen molar-refractivity contribution in [3.8, 4) is 0 Å². The summed E-state index contributed by atoms with van der Waals surface area (Å²) >= 11 is 2.36. The predicted octanol–water partition coefficient (Wildman–Crippen LogP) is -1.62. The minimum Gasteiger partial charge on any atom is -1.00 e. The number of aryl methyl sites for hydroxylation is 1. The van der Waals surface area contributed by atoms with Crippen LogP contribution in [0.1, 0.15) is 18.3 Å². The molecular weight excluding hydrogens is 388 g/mol. The molecule has 8 nitrogen and oxygen atoms in total. The lowest BCUT2D eigenvalue weighted by Crippen LogP contribution is -3.00. The van der Waals surface area contributed by atoms with Gasteiger partial charge >= 0.3 is 5.97 Å². The fraction of sp³-hybridized carbons (Fsp3) is 0.357. The topological polar surface area (TPSA) is 114 Å². The van der Waals surface area contributed by atoms with Crippen LogP contribution in [-0.4, -0.2) is 39.2 Å². The monoisotopic (exact) mass is 403 g/mol. The van der Waals surface area contributed by atoms with E-state index >= 15 is 0 Å². The molecule has 2 rings (SSSR count). The molecule has 0 unspecified atom stereocenters. The second kappa shape index (κ2) is 10.2. The molecule has 136 valence electrons. The van der Waals surface area contributed by atoms with E-state index in [0.717, 1.165) is 11.8 Å². The van der Waals surface area contributed by atoms with Crippen molar-refractivity contribution < 1.29 is 26.7 Å². The summed E-state index contributed by atoms with van der Waals surface area (Å²) in [7, 11) is 0. The number of nitrogens with zero attached hydrogens (tertiary/aromatic N) is 2. The molecule has 0 aliphatic rings. The first kappa shape index (κ1) is 21.1. The molecule has 11 heteroatoms. The van der Waals surface area contributed by atoms with Crippen LogP contribution in [-0.2, 0) is 20.7 Å². The number of carbonyl (C=O) groups is 2. The van der Waals surface area contributed by atoms with Crippen molar-refractivity contribution in [2.24, 2.45) is 0 Å². The number of aromatic amines is 1. The zero-order valence-corrected chi connectivity index (χ0v) is 15.9. The summed E-state index contributed by atoms with van der Waals surface area (Å²) in [4.78, 5) is 45.5. The fourth-order valence-corrected chi connectivity index (χ4v) is 3.16. The Morgan fingerprint density at radius 3 is 2.84 bits per heavy atom. The summed E-state index contributed by atoms with van der Waals surface area (Å²) in [6, 6.07) is 1.38. The van der Waals surface area contributed by atoms with E-state index in [9.17, 15) is 14.4 Å². The van der Waals surface area contributed by atoms with Gasteiger partial charge in [-0.3, -0.25) is 14.4 Å². The summed E-state index contributed by atoms with van der Waals surface area (Å²) in [6.07, 6.45) is 0.0728. The van der Waals surface area contributed by atoms with E-state index in [1.54, 1.807) is 19.2 Å². The maximum absolute atomic E-state index is 11.9. The van der Waals surface area contributed by atoms with E-state index in [0.29, 0.717) is 28.3 Å². The van der Waals surface area contributed by atoms with Gasteiger partial charge in [-0.2, -0.15) is 0 Å². The number of hydrogen-bond donors (Lipinski definition) is 2. The number of esters is 1. The quantitative estimate of drug-likeness (QED) is 0.324. The number of H-pyrrole nitrogens is 1. The predicted molar refractivity (Wildman–Crippen MR) is 91.4 cm³/mol. The Labute approximate surface area is 158 Å². The highest BCUT2D eigenvalue weighted by molar-refractivity contribution is 7.99. The number of aromatic nitrogens is 3. The number of carbonyl (C=O) groups excluding carboxylic acids is 2. The molecule has 0 saturated carbocycles. The molecule has 0 fully saturated rings. The van der Waals surface area contributed by atoms with Crippen LogP contribution in [0.3, 0.4) is 0 Å². The van der Waals surface area contributed by atoms with Crippen LogP contribution in [0, 0.1) is 6.92 Å². The van der Waals surface area contributed by atoms with Crippen LogP contribution in [0.5, 0.6) is 0 Å². The highest BCUT2D eigenvalue weighted by Gasteiger charge is 2.11. The molecule has 0 atom stereocenters. The number of ether oxygens (including phenoxy) is 1. The van der Waals surface area contributed by atoms with Gasteiger partial charge in [0.2, 0.25) is 5.91 Å². The van der Waals surface area contributed by atoms with Gasteiger partial charge in [0.1, 0.15) is 0 Å². The van der Waals surface area contributed by atoms with Crippen molar-refractivity contribution in [1.82, 2.24) is 15.0 Å². The largest absolute Gasteiger partial charge is 1.00 e. The average molecular weight is 404 g/mol. The summed E-state index contributed by atoms with van der Waals surface area (Å²) in [5, 5.41) is 5.13. The third-order valence-corrected chi connectivity index (χ3v) is 4.30. The lowest BCUT2D eigenvalue weighted by atomic mass is 10.3. The Morgan fingerprint density at radius 1 is 1.40 bits per heavy atom. The molecule has 0 radical (unpaired) electrons. The van der Waals surface area contributed by atoms with E-state index in [4.69, 9.17) is 4.74 Å². The Balaban J connectivity index is 0.00000312. The molecular formula is C14H16ClN4O4S2-. The third kappa shape index (κ3) is 7.24. The number of rotatable bonds is 7. The van der Waals surface area contributed by atoms with Crippen molar-refractivity contribution in [2.45, 2.75) is 25.4 Å². The van der Waals surface area contributed by atoms with Gasteiger partial charge in [0.15, 0.2) is 10.3 Å². The molecule has 0 bridgehead atoms. The van der Waals surface area contributed by atoms with Gasteiger partial charge in [0.05, 0.1) is 24.5 Å².